The Morgan fingerprint density at radius 1 is 1.24 bits per heavy atom. The molecule has 2 aliphatic rings. The first kappa shape index (κ1) is 14.9. The van der Waals surface area contributed by atoms with Crippen molar-refractivity contribution in [3.63, 3.8) is 0 Å². The standard InChI is InChI=1S/C13H11ClF2O4S/c14-13(15,16)9-10-8(19-12(17)20-10)6-18-11(9)21-7-4-2-1-3-5-7/h1-5,8-11H,6H2/t8-,9+,10-,11+/m1/s1. The number of hydrogen-bond donors (Lipinski definition) is 0. The minimum atomic E-state index is -3.58. The number of alkyl halides is 3. The lowest BCUT2D eigenvalue weighted by Gasteiger charge is -2.38. The number of rotatable bonds is 3. The van der Waals surface area contributed by atoms with Crippen LogP contribution >= 0.6 is 23.4 Å². The predicted octanol–water partition coefficient (Wildman–Crippen LogP) is 3.49. The molecule has 0 amide bonds. The molecule has 21 heavy (non-hydrogen) atoms. The highest BCUT2D eigenvalue weighted by Gasteiger charge is 2.59. The molecule has 0 N–H and O–H groups in total. The number of carbonyl (C=O) groups is 1. The van der Waals surface area contributed by atoms with E-state index in [4.69, 9.17) is 25.8 Å². The van der Waals surface area contributed by atoms with Crippen molar-refractivity contribution in [2.75, 3.05) is 6.61 Å². The van der Waals surface area contributed by atoms with Gasteiger partial charge in [-0.25, -0.2) is 4.79 Å². The molecule has 2 saturated heterocycles. The molecular weight excluding hydrogens is 326 g/mol. The van der Waals surface area contributed by atoms with Crippen LogP contribution in [0, 0.1) is 5.92 Å². The fraction of sp³-hybridized carbons (Fsp3) is 0.462. The minimum Gasteiger partial charge on any atom is -0.426 e. The maximum absolute atomic E-state index is 13.8. The van der Waals surface area contributed by atoms with E-state index >= 15 is 0 Å². The molecule has 4 nitrogen and oxygen atoms in total. The molecule has 0 aromatic heterocycles. The van der Waals surface area contributed by atoms with Gasteiger partial charge in [0.05, 0.1) is 6.61 Å². The van der Waals surface area contributed by atoms with Gasteiger partial charge in [0.2, 0.25) is 0 Å². The Morgan fingerprint density at radius 3 is 2.62 bits per heavy atom. The van der Waals surface area contributed by atoms with E-state index in [1.807, 2.05) is 6.07 Å². The summed E-state index contributed by atoms with van der Waals surface area (Å²) in [5, 5.41) is -3.58. The lowest BCUT2D eigenvalue weighted by Crippen LogP contribution is -2.52. The number of ether oxygens (including phenoxy) is 3. The van der Waals surface area contributed by atoms with E-state index in [2.05, 4.69) is 0 Å². The van der Waals surface area contributed by atoms with Crippen molar-refractivity contribution in [1.82, 2.24) is 0 Å². The summed E-state index contributed by atoms with van der Waals surface area (Å²) < 4.78 is 42.6. The Balaban J connectivity index is 1.84. The molecule has 1 aromatic carbocycles. The molecule has 2 aliphatic heterocycles. The molecule has 0 aliphatic carbocycles. The monoisotopic (exact) mass is 336 g/mol. The summed E-state index contributed by atoms with van der Waals surface area (Å²) in [6, 6.07) is 8.96. The van der Waals surface area contributed by atoms with Crippen LogP contribution in [0.2, 0.25) is 0 Å². The molecule has 0 bridgehead atoms. The Labute approximate surface area is 128 Å². The molecule has 114 valence electrons. The average molecular weight is 337 g/mol. The van der Waals surface area contributed by atoms with E-state index < -0.39 is 35.1 Å². The van der Waals surface area contributed by atoms with E-state index in [0.29, 0.717) is 0 Å². The van der Waals surface area contributed by atoms with Gasteiger partial charge in [-0.05, 0) is 23.7 Å². The lowest BCUT2D eigenvalue weighted by molar-refractivity contribution is -0.138. The number of carbonyl (C=O) groups excluding carboxylic acids is 1. The highest BCUT2D eigenvalue weighted by molar-refractivity contribution is 7.99. The first-order valence-electron chi connectivity index (χ1n) is 6.22. The van der Waals surface area contributed by atoms with Crippen molar-refractivity contribution < 1.29 is 27.8 Å². The van der Waals surface area contributed by atoms with E-state index in [-0.39, 0.29) is 6.61 Å². The summed E-state index contributed by atoms with van der Waals surface area (Å²) in [5.41, 5.74) is -0.935. The Kier molecular flexibility index (Phi) is 3.98. The van der Waals surface area contributed by atoms with Gasteiger partial charge in [-0.2, -0.15) is 8.78 Å². The van der Waals surface area contributed by atoms with Crippen molar-refractivity contribution >= 4 is 29.5 Å². The third-order valence-corrected chi connectivity index (χ3v) is 4.75. The van der Waals surface area contributed by atoms with E-state index in [0.717, 1.165) is 16.7 Å². The van der Waals surface area contributed by atoms with E-state index in [1.54, 1.807) is 24.3 Å². The van der Waals surface area contributed by atoms with Gasteiger partial charge in [-0.15, -0.1) is 0 Å². The molecule has 2 fully saturated rings. The zero-order valence-corrected chi connectivity index (χ0v) is 12.2. The van der Waals surface area contributed by atoms with Gasteiger partial charge in [0.1, 0.15) is 11.4 Å². The van der Waals surface area contributed by atoms with Gasteiger partial charge < -0.3 is 14.2 Å². The van der Waals surface area contributed by atoms with Crippen LogP contribution < -0.4 is 0 Å². The lowest BCUT2D eigenvalue weighted by atomic mass is 9.96. The number of hydrogen-bond acceptors (Lipinski definition) is 5. The van der Waals surface area contributed by atoms with Crippen molar-refractivity contribution in [1.29, 1.82) is 0 Å². The molecule has 0 unspecified atom stereocenters. The van der Waals surface area contributed by atoms with Gasteiger partial charge >= 0.3 is 11.5 Å². The molecule has 0 saturated carbocycles. The molecule has 2 heterocycles. The minimum absolute atomic E-state index is 0.00434. The van der Waals surface area contributed by atoms with Crippen LogP contribution in [0.5, 0.6) is 0 Å². The Hall–Kier alpha value is -1.05. The maximum Gasteiger partial charge on any atom is 0.509 e. The number of fused-ring (bicyclic) bond motifs is 1. The molecule has 0 radical (unpaired) electrons. The highest BCUT2D eigenvalue weighted by Crippen LogP contribution is 2.47. The van der Waals surface area contributed by atoms with Crippen LogP contribution in [0.1, 0.15) is 0 Å². The van der Waals surface area contributed by atoms with Crippen molar-refractivity contribution in [3.05, 3.63) is 30.3 Å². The fourth-order valence-electron chi connectivity index (χ4n) is 2.37. The van der Waals surface area contributed by atoms with Gasteiger partial charge in [0.25, 0.3) is 0 Å². The summed E-state index contributed by atoms with van der Waals surface area (Å²) in [6.45, 7) is 0.00434. The number of halogens is 3. The van der Waals surface area contributed by atoms with Gasteiger partial charge in [0, 0.05) is 4.90 Å². The zero-order chi connectivity index (χ0) is 15.0. The molecule has 0 spiro atoms. The molecule has 4 atom stereocenters. The number of thioether (sulfide) groups is 1. The SMILES string of the molecule is O=C1O[C@H]2[C@H](C(F)(F)Cl)[C@H](Sc3ccccc3)OC[C@H]2O1. The quantitative estimate of drug-likeness (QED) is 0.624. The normalized spacial score (nSPS) is 32.2. The zero-order valence-electron chi connectivity index (χ0n) is 10.6. The smallest absolute Gasteiger partial charge is 0.426 e. The summed E-state index contributed by atoms with van der Waals surface area (Å²) in [6.07, 6.45) is -2.93. The molecule has 3 rings (SSSR count). The third kappa shape index (κ3) is 3.09. The molecular formula is C13H11ClF2O4S. The van der Waals surface area contributed by atoms with Crippen LogP contribution in [-0.2, 0) is 14.2 Å². The highest BCUT2D eigenvalue weighted by atomic mass is 35.5. The Morgan fingerprint density at radius 2 is 1.95 bits per heavy atom. The second kappa shape index (κ2) is 5.62. The van der Waals surface area contributed by atoms with Crippen LogP contribution in [0.15, 0.2) is 35.2 Å². The van der Waals surface area contributed by atoms with Crippen LogP contribution in [0.3, 0.4) is 0 Å². The van der Waals surface area contributed by atoms with Gasteiger partial charge in [0.15, 0.2) is 12.2 Å². The van der Waals surface area contributed by atoms with E-state index in [1.165, 1.54) is 0 Å². The first-order valence-corrected chi connectivity index (χ1v) is 7.48. The maximum atomic E-state index is 13.8. The fourth-order valence-corrected chi connectivity index (χ4v) is 3.88. The topological polar surface area (TPSA) is 44.8 Å². The van der Waals surface area contributed by atoms with Crippen LogP contribution in [0.25, 0.3) is 0 Å². The summed E-state index contributed by atoms with van der Waals surface area (Å²) in [7, 11) is 0. The molecule has 1 aromatic rings. The van der Waals surface area contributed by atoms with E-state index in [9.17, 15) is 13.6 Å². The van der Waals surface area contributed by atoms with Gasteiger partial charge in [-0.1, -0.05) is 30.0 Å². The van der Waals surface area contributed by atoms with Crippen molar-refractivity contribution in [2.24, 2.45) is 5.92 Å². The average Bonchev–Trinajstić information content (AvgIpc) is 2.78. The number of benzene rings is 1. The molecule has 8 heteroatoms. The second-order valence-corrected chi connectivity index (χ2v) is 6.36. The van der Waals surface area contributed by atoms with Crippen LogP contribution in [-0.4, -0.2) is 35.8 Å². The van der Waals surface area contributed by atoms with Crippen molar-refractivity contribution in [2.45, 2.75) is 27.9 Å². The van der Waals surface area contributed by atoms with Crippen LogP contribution in [0.4, 0.5) is 13.6 Å². The predicted molar refractivity (Wildman–Crippen MR) is 71.5 cm³/mol. The van der Waals surface area contributed by atoms with Gasteiger partial charge in [-0.3, -0.25) is 0 Å². The third-order valence-electron chi connectivity index (χ3n) is 3.29. The van der Waals surface area contributed by atoms with Crippen molar-refractivity contribution in [3.8, 4) is 0 Å². The largest absolute Gasteiger partial charge is 0.509 e. The summed E-state index contributed by atoms with van der Waals surface area (Å²) in [5.74, 6) is -1.49. The second-order valence-electron chi connectivity index (χ2n) is 4.69. The summed E-state index contributed by atoms with van der Waals surface area (Å²) >= 11 is 6.33. The Bertz CT molecular complexity index is 525. The first-order chi connectivity index (χ1) is 9.95. The summed E-state index contributed by atoms with van der Waals surface area (Å²) in [4.78, 5) is 11.9.